The highest BCUT2D eigenvalue weighted by Gasteiger charge is 2.14. The molecule has 22 heavy (non-hydrogen) atoms. The molecule has 1 unspecified atom stereocenters. The molecule has 0 bridgehead atoms. The van der Waals surface area contributed by atoms with Crippen molar-refractivity contribution in [2.75, 3.05) is 13.1 Å². The summed E-state index contributed by atoms with van der Waals surface area (Å²) in [5.74, 6) is -0.606. The largest absolute Gasteiger partial charge is 0.348 e. The second-order valence-electron chi connectivity index (χ2n) is 5.62. The lowest BCUT2D eigenvalue weighted by Gasteiger charge is -2.15. The number of benzene rings is 1. The van der Waals surface area contributed by atoms with Gasteiger partial charge in [-0.05, 0) is 24.3 Å². The monoisotopic (exact) mass is 304 g/mol. The van der Waals surface area contributed by atoms with Crippen molar-refractivity contribution in [1.29, 1.82) is 0 Å². The highest BCUT2D eigenvalue weighted by Crippen LogP contribution is 2.10. The molecular weight excluding hydrogens is 276 g/mol. The van der Waals surface area contributed by atoms with E-state index in [1.165, 1.54) is 0 Å². The SMILES string of the molecule is CCCCC(CC)CNC(=O)C(=O)NCCc1ccccc1. The Morgan fingerprint density at radius 3 is 2.36 bits per heavy atom. The Hall–Kier alpha value is -1.84. The van der Waals surface area contributed by atoms with Crippen molar-refractivity contribution in [3.8, 4) is 0 Å². The molecule has 2 amide bonds. The average Bonchev–Trinajstić information content (AvgIpc) is 2.55. The fourth-order valence-corrected chi connectivity index (χ4v) is 2.31. The summed E-state index contributed by atoms with van der Waals surface area (Å²) in [5, 5.41) is 5.40. The molecule has 0 aliphatic heterocycles. The predicted octanol–water partition coefficient (Wildman–Crippen LogP) is 2.68. The standard InChI is InChI=1S/C18H28N2O2/c1-3-5-9-15(4-2)14-20-18(22)17(21)19-13-12-16-10-7-6-8-11-16/h6-8,10-11,15H,3-5,9,12-14H2,1-2H3,(H,19,21)(H,20,22). The van der Waals surface area contributed by atoms with Gasteiger partial charge in [-0.2, -0.15) is 0 Å². The first-order valence-electron chi connectivity index (χ1n) is 8.27. The molecule has 0 fully saturated rings. The Morgan fingerprint density at radius 2 is 1.73 bits per heavy atom. The number of carbonyl (C=O) groups is 2. The molecule has 0 aromatic heterocycles. The minimum absolute atomic E-state index is 0.459. The van der Waals surface area contributed by atoms with Crippen LogP contribution in [-0.2, 0) is 16.0 Å². The fraction of sp³-hybridized carbons (Fsp3) is 0.556. The quantitative estimate of drug-likeness (QED) is 0.689. The molecule has 0 heterocycles. The van der Waals surface area contributed by atoms with Gasteiger partial charge in [-0.25, -0.2) is 0 Å². The van der Waals surface area contributed by atoms with Crippen LogP contribution in [0.5, 0.6) is 0 Å². The molecule has 1 rings (SSSR count). The van der Waals surface area contributed by atoms with E-state index >= 15 is 0 Å². The lowest BCUT2D eigenvalue weighted by Crippen LogP contribution is -2.42. The molecule has 1 aromatic rings. The Balaban J connectivity index is 2.22. The van der Waals surface area contributed by atoms with Crippen LogP contribution in [-0.4, -0.2) is 24.9 Å². The number of nitrogens with one attached hydrogen (secondary N) is 2. The molecule has 0 aliphatic carbocycles. The molecule has 4 nitrogen and oxygen atoms in total. The van der Waals surface area contributed by atoms with Crippen molar-refractivity contribution >= 4 is 11.8 Å². The van der Waals surface area contributed by atoms with Crippen LogP contribution in [0.3, 0.4) is 0 Å². The third-order valence-electron chi connectivity index (χ3n) is 3.84. The lowest BCUT2D eigenvalue weighted by atomic mass is 9.99. The van der Waals surface area contributed by atoms with Gasteiger partial charge in [0.15, 0.2) is 0 Å². The van der Waals surface area contributed by atoms with Gasteiger partial charge in [0.2, 0.25) is 0 Å². The van der Waals surface area contributed by atoms with E-state index in [2.05, 4.69) is 24.5 Å². The molecule has 0 aliphatic rings. The van der Waals surface area contributed by atoms with Crippen molar-refractivity contribution < 1.29 is 9.59 Å². The summed E-state index contributed by atoms with van der Waals surface area (Å²) in [4.78, 5) is 23.5. The first kappa shape index (κ1) is 18.2. The number of unbranched alkanes of at least 4 members (excludes halogenated alkanes) is 1. The Bertz CT molecular complexity index is 446. The molecule has 0 saturated carbocycles. The molecule has 4 heteroatoms. The van der Waals surface area contributed by atoms with Gasteiger partial charge in [-0.1, -0.05) is 63.4 Å². The zero-order chi connectivity index (χ0) is 16.2. The summed E-state index contributed by atoms with van der Waals surface area (Å²) in [6.07, 6.45) is 5.18. The Labute approximate surface area is 133 Å². The van der Waals surface area contributed by atoms with Crippen LogP contribution in [0.2, 0.25) is 0 Å². The van der Waals surface area contributed by atoms with Crippen LogP contribution in [0.25, 0.3) is 0 Å². The number of hydrogen-bond donors (Lipinski definition) is 2. The first-order valence-corrected chi connectivity index (χ1v) is 8.27. The molecule has 0 spiro atoms. The van der Waals surface area contributed by atoms with E-state index in [1.807, 2.05) is 30.3 Å². The van der Waals surface area contributed by atoms with Crippen LogP contribution < -0.4 is 10.6 Å². The van der Waals surface area contributed by atoms with Crippen molar-refractivity contribution in [3.05, 3.63) is 35.9 Å². The van der Waals surface area contributed by atoms with Crippen LogP contribution in [0.15, 0.2) is 30.3 Å². The van der Waals surface area contributed by atoms with Gasteiger partial charge in [0.1, 0.15) is 0 Å². The molecule has 1 atom stereocenters. The number of amides is 2. The third kappa shape index (κ3) is 7.25. The molecule has 0 radical (unpaired) electrons. The van der Waals surface area contributed by atoms with E-state index in [1.54, 1.807) is 0 Å². The van der Waals surface area contributed by atoms with Crippen molar-refractivity contribution in [2.24, 2.45) is 5.92 Å². The average molecular weight is 304 g/mol. The van der Waals surface area contributed by atoms with E-state index in [4.69, 9.17) is 0 Å². The van der Waals surface area contributed by atoms with Gasteiger partial charge in [-0.15, -0.1) is 0 Å². The van der Waals surface area contributed by atoms with Gasteiger partial charge >= 0.3 is 11.8 Å². The van der Waals surface area contributed by atoms with Crippen LogP contribution in [0.4, 0.5) is 0 Å². The smallest absolute Gasteiger partial charge is 0.309 e. The Kier molecular flexibility index (Phi) is 8.96. The number of carbonyl (C=O) groups excluding carboxylic acids is 2. The maximum Gasteiger partial charge on any atom is 0.309 e. The van der Waals surface area contributed by atoms with E-state index in [0.29, 0.717) is 19.0 Å². The maximum atomic E-state index is 11.8. The second kappa shape index (κ2) is 10.8. The van der Waals surface area contributed by atoms with Crippen LogP contribution in [0, 0.1) is 5.92 Å². The molecule has 0 saturated heterocycles. The minimum atomic E-state index is -0.540. The van der Waals surface area contributed by atoms with E-state index in [0.717, 1.165) is 37.7 Å². The zero-order valence-corrected chi connectivity index (χ0v) is 13.7. The highest BCUT2D eigenvalue weighted by molar-refractivity contribution is 6.35. The predicted molar refractivity (Wildman–Crippen MR) is 89.5 cm³/mol. The Morgan fingerprint density at radius 1 is 1.05 bits per heavy atom. The molecular formula is C18H28N2O2. The van der Waals surface area contributed by atoms with E-state index in [9.17, 15) is 9.59 Å². The maximum absolute atomic E-state index is 11.8. The van der Waals surface area contributed by atoms with Crippen LogP contribution >= 0.6 is 0 Å². The zero-order valence-electron chi connectivity index (χ0n) is 13.7. The highest BCUT2D eigenvalue weighted by atomic mass is 16.2. The summed E-state index contributed by atoms with van der Waals surface area (Å²) < 4.78 is 0. The first-order chi connectivity index (χ1) is 10.7. The number of rotatable bonds is 9. The lowest BCUT2D eigenvalue weighted by molar-refractivity contribution is -0.139. The van der Waals surface area contributed by atoms with Gasteiger partial charge in [-0.3, -0.25) is 9.59 Å². The number of hydrogen-bond acceptors (Lipinski definition) is 2. The van der Waals surface area contributed by atoms with Crippen LogP contribution in [0.1, 0.15) is 45.1 Å². The molecule has 1 aromatic carbocycles. The summed E-state index contributed by atoms with van der Waals surface area (Å²) in [6.45, 7) is 5.34. The van der Waals surface area contributed by atoms with Crippen molar-refractivity contribution in [3.63, 3.8) is 0 Å². The van der Waals surface area contributed by atoms with Gasteiger partial charge in [0, 0.05) is 13.1 Å². The van der Waals surface area contributed by atoms with Gasteiger partial charge < -0.3 is 10.6 Å². The summed E-state index contributed by atoms with van der Waals surface area (Å²) >= 11 is 0. The topological polar surface area (TPSA) is 58.2 Å². The second-order valence-corrected chi connectivity index (χ2v) is 5.62. The normalized spacial score (nSPS) is 11.7. The van der Waals surface area contributed by atoms with Gasteiger partial charge in [0.05, 0.1) is 0 Å². The molecule has 122 valence electrons. The minimum Gasteiger partial charge on any atom is -0.348 e. The van der Waals surface area contributed by atoms with Crippen molar-refractivity contribution in [1.82, 2.24) is 10.6 Å². The van der Waals surface area contributed by atoms with Gasteiger partial charge in [0.25, 0.3) is 0 Å². The molecule has 2 N–H and O–H groups in total. The van der Waals surface area contributed by atoms with Crippen molar-refractivity contribution in [2.45, 2.75) is 46.0 Å². The van der Waals surface area contributed by atoms with E-state index < -0.39 is 11.8 Å². The fourth-order valence-electron chi connectivity index (χ4n) is 2.31. The summed E-state index contributed by atoms with van der Waals surface area (Å²) in [7, 11) is 0. The summed E-state index contributed by atoms with van der Waals surface area (Å²) in [6, 6.07) is 9.89. The third-order valence-corrected chi connectivity index (χ3v) is 3.84. The summed E-state index contributed by atoms with van der Waals surface area (Å²) in [5.41, 5.74) is 1.15. The van der Waals surface area contributed by atoms with E-state index in [-0.39, 0.29) is 0 Å².